The highest BCUT2D eigenvalue weighted by atomic mass is 14.8. The van der Waals surface area contributed by atoms with Gasteiger partial charge in [0.1, 0.15) is 0 Å². The third-order valence-electron chi connectivity index (χ3n) is 4.66. The Morgan fingerprint density at radius 1 is 1.00 bits per heavy atom. The van der Waals surface area contributed by atoms with Gasteiger partial charge in [0.2, 0.25) is 0 Å². The Bertz CT molecular complexity index is 586. The van der Waals surface area contributed by atoms with E-state index in [1.807, 2.05) is 12.3 Å². The van der Waals surface area contributed by atoms with Crippen LogP contribution in [-0.2, 0) is 5.54 Å². The minimum Gasteiger partial charge on any atom is -0.321 e. The average molecular weight is 254 g/mol. The number of rotatable bonds is 1. The van der Waals surface area contributed by atoms with Crippen molar-refractivity contribution in [2.75, 3.05) is 0 Å². The summed E-state index contributed by atoms with van der Waals surface area (Å²) < 4.78 is 0. The fraction of sp³-hybridized carbons (Fsp3) is 0.471. The number of nitrogens with zero attached hydrogens (tertiary/aromatic N) is 1. The van der Waals surface area contributed by atoms with Gasteiger partial charge in [0, 0.05) is 17.1 Å². The normalized spacial score (nSPS) is 21.4. The lowest BCUT2D eigenvalue weighted by Crippen LogP contribution is -2.42. The molecular weight excluding hydrogens is 232 g/mol. The summed E-state index contributed by atoms with van der Waals surface area (Å²) in [6.07, 6.45) is 6.34. The first-order valence-electron chi connectivity index (χ1n) is 7.13. The van der Waals surface area contributed by atoms with Crippen LogP contribution in [0.15, 0.2) is 36.5 Å². The van der Waals surface area contributed by atoms with Crippen molar-refractivity contribution in [3.8, 4) is 0 Å². The predicted octanol–water partition coefficient (Wildman–Crippen LogP) is 3.99. The van der Waals surface area contributed by atoms with E-state index in [9.17, 15) is 0 Å². The van der Waals surface area contributed by atoms with Crippen molar-refractivity contribution in [1.82, 2.24) is 4.98 Å². The molecule has 0 atom stereocenters. The van der Waals surface area contributed by atoms with E-state index < -0.39 is 0 Å². The smallest absolute Gasteiger partial charge is 0.0752 e. The number of fused-ring (bicyclic) bond motifs is 1. The van der Waals surface area contributed by atoms with Crippen LogP contribution in [0.1, 0.15) is 45.1 Å². The zero-order chi connectivity index (χ0) is 13.5. The van der Waals surface area contributed by atoms with Crippen LogP contribution in [0, 0.1) is 5.41 Å². The van der Waals surface area contributed by atoms with Gasteiger partial charge in [-0.15, -0.1) is 0 Å². The molecule has 1 fully saturated rings. The zero-order valence-electron chi connectivity index (χ0n) is 11.8. The number of hydrogen-bond acceptors (Lipinski definition) is 2. The number of para-hydroxylation sites is 1. The largest absolute Gasteiger partial charge is 0.321 e. The summed E-state index contributed by atoms with van der Waals surface area (Å²) in [5, 5.41) is 1.19. The first kappa shape index (κ1) is 12.6. The van der Waals surface area contributed by atoms with Crippen LogP contribution in [0.5, 0.6) is 0 Å². The lowest BCUT2D eigenvalue weighted by atomic mass is 9.67. The standard InChI is InChI=1S/C17H22N2/c1-16(2)8-10-17(18,11-9-16)14-7-3-5-13-6-4-12-19-15(13)14/h3-7,12H,8-11,18H2,1-2H3. The highest BCUT2D eigenvalue weighted by Crippen LogP contribution is 2.44. The summed E-state index contributed by atoms with van der Waals surface area (Å²) in [6, 6.07) is 10.5. The SMILES string of the molecule is CC1(C)CCC(N)(c2cccc3cccnc23)CC1. The Kier molecular flexibility index (Phi) is 2.86. The maximum Gasteiger partial charge on any atom is 0.0752 e. The van der Waals surface area contributed by atoms with Crippen LogP contribution in [-0.4, -0.2) is 4.98 Å². The second-order valence-corrected chi connectivity index (χ2v) is 6.70. The Morgan fingerprint density at radius 3 is 2.42 bits per heavy atom. The second kappa shape index (κ2) is 4.31. The fourth-order valence-electron chi connectivity index (χ4n) is 3.15. The second-order valence-electron chi connectivity index (χ2n) is 6.70. The average Bonchev–Trinajstić information content (AvgIpc) is 2.42. The van der Waals surface area contributed by atoms with Crippen molar-refractivity contribution in [3.05, 3.63) is 42.1 Å². The highest BCUT2D eigenvalue weighted by Gasteiger charge is 2.37. The monoisotopic (exact) mass is 254 g/mol. The van der Waals surface area contributed by atoms with Crippen LogP contribution in [0.25, 0.3) is 10.9 Å². The maximum atomic E-state index is 6.73. The summed E-state index contributed by atoms with van der Waals surface area (Å²) in [5.41, 5.74) is 9.25. The summed E-state index contributed by atoms with van der Waals surface area (Å²) in [6.45, 7) is 4.68. The number of pyridine rings is 1. The molecule has 2 N–H and O–H groups in total. The number of hydrogen-bond donors (Lipinski definition) is 1. The Morgan fingerprint density at radius 2 is 1.68 bits per heavy atom. The van der Waals surface area contributed by atoms with Crippen molar-refractivity contribution in [1.29, 1.82) is 0 Å². The van der Waals surface area contributed by atoms with Crippen molar-refractivity contribution >= 4 is 10.9 Å². The fourth-order valence-corrected chi connectivity index (χ4v) is 3.15. The summed E-state index contributed by atoms with van der Waals surface area (Å²) in [5.74, 6) is 0. The molecule has 0 amide bonds. The Hall–Kier alpha value is -1.41. The minimum absolute atomic E-state index is 0.205. The van der Waals surface area contributed by atoms with Crippen LogP contribution in [0.2, 0.25) is 0 Å². The molecule has 0 spiro atoms. The van der Waals surface area contributed by atoms with E-state index in [0.29, 0.717) is 5.41 Å². The number of benzene rings is 1. The molecule has 1 aliphatic rings. The van der Waals surface area contributed by atoms with E-state index in [1.165, 1.54) is 23.8 Å². The Labute approximate surface area is 115 Å². The van der Waals surface area contributed by atoms with Crippen LogP contribution >= 0.6 is 0 Å². The van der Waals surface area contributed by atoms with E-state index in [0.717, 1.165) is 18.4 Å². The molecule has 19 heavy (non-hydrogen) atoms. The predicted molar refractivity (Wildman–Crippen MR) is 79.9 cm³/mol. The molecule has 0 bridgehead atoms. The highest BCUT2D eigenvalue weighted by molar-refractivity contribution is 5.82. The maximum absolute atomic E-state index is 6.73. The van der Waals surface area contributed by atoms with E-state index in [4.69, 9.17) is 5.73 Å². The molecule has 0 radical (unpaired) electrons. The van der Waals surface area contributed by atoms with Crippen molar-refractivity contribution in [3.63, 3.8) is 0 Å². The lowest BCUT2D eigenvalue weighted by molar-refractivity contribution is 0.166. The van der Waals surface area contributed by atoms with Gasteiger partial charge >= 0.3 is 0 Å². The first-order chi connectivity index (χ1) is 9.00. The molecule has 1 aromatic heterocycles. The molecule has 1 aliphatic carbocycles. The number of nitrogens with two attached hydrogens (primary N) is 1. The molecule has 1 aromatic carbocycles. The molecule has 1 saturated carbocycles. The molecule has 2 heteroatoms. The van der Waals surface area contributed by atoms with Gasteiger partial charge in [0.15, 0.2) is 0 Å². The van der Waals surface area contributed by atoms with Gasteiger partial charge in [-0.2, -0.15) is 0 Å². The quantitative estimate of drug-likeness (QED) is 0.835. The van der Waals surface area contributed by atoms with Gasteiger partial charge in [-0.25, -0.2) is 0 Å². The molecule has 1 heterocycles. The van der Waals surface area contributed by atoms with Gasteiger partial charge in [0.05, 0.1) is 5.52 Å². The molecule has 100 valence electrons. The summed E-state index contributed by atoms with van der Waals surface area (Å²) >= 11 is 0. The Balaban J connectivity index is 2.05. The van der Waals surface area contributed by atoms with Crippen molar-refractivity contribution in [2.45, 2.75) is 45.1 Å². The molecule has 0 unspecified atom stereocenters. The van der Waals surface area contributed by atoms with Crippen molar-refractivity contribution < 1.29 is 0 Å². The van der Waals surface area contributed by atoms with Gasteiger partial charge in [-0.1, -0.05) is 38.1 Å². The molecule has 3 rings (SSSR count). The first-order valence-corrected chi connectivity index (χ1v) is 7.13. The molecule has 2 nitrogen and oxygen atoms in total. The van der Waals surface area contributed by atoms with Gasteiger partial charge in [-0.05, 0) is 42.7 Å². The van der Waals surface area contributed by atoms with E-state index in [2.05, 4.69) is 43.1 Å². The van der Waals surface area contributed by atoms with E-state index in [-0.39, 0.29) is 5.54 Å². The molecular formula is C17H22N2. The lowest BCUT2D eigenvalue weighted by Gasteiger charge is -2.41. The minimum atomic E-state index is -0.205. The molecule has 0 saturated heterocycles. The topological polar surface area (TPSA) is 38.9 Å². The van der Waals surface area contributed by atoms with Crippen LogP contribution in [0.4, 0.5) is 0 Å². The van der Waals surface area contributed by atoms with Crippen molar-refractivity contribution in [2.24, 2.45) is 11.1 Å². The summed E-state index contributed by atoms with van der Waals surface area (Å²) in [4.78, 5) is 4.56. The van der Waals surface area contributed by atoms with Gasteiger partial charge < -0.3 is 5.73 Å². The van der Waals surface area contributed by atoms with Gasteiger partial charge in [-0.3, -0.25) is 4.98 Å². The molecule has 2 aromatic rings. The van der Waals surface area contributed by atoms with Crippen LogP contribution < -0.4 is 5.73 Å². The van der Waals surface area contributed by atoms with E-state index in [1.54, 1.807) is 0 Å². The van der Waals surface area contributed by atoms with Gasteiger partial charge in [0.25, 0.3) is 0 Å². The number of aromatic nitrogens is 1. The van der Waals surface area contributed by atoms with Crippen LogP contribution in [0.3, 0.4) is 0 Å². The van der Waals surface area contributed by atoms with E-state index >= 15 is 0 Å². The molecule has 0 aliphatic heterocycles. The summed E-state index contributed by atoms with van der Waals surface area (Å²) in [7, 11) is 0. The third-order valence-corrected chi connectivity index (χ3v) is 4.66. The zero-order valence-corrected chi connectivity index (χ0v) is 11.8. The third kappa shape index (κ3) is 2.25.